The third-order valence-electron chi connectivity index (χ3n) is 4.47. The minimum Gasteiger partial charge on any atom is -1.00 e. The van der Waals surface area contributed by atoms with Crippen LogP contribution in [0.15, 0.2) is 48.5 Å². The topological polar surface area (TPSA) is 94.2 Å². The summed E-state index contributed by atoms with van der Waals surface area (Å²) in [6, 6.07) is 14.3. The molecule has 0 atom stereocenters. The quantitative estimate of drug-likeness (QED) is 0.110. The average molecular weight is 567 g/mol. The van der Waals surface area contributed by atoms with Gasteiger partial charge in [0.15, 0.2) is 0 Å². The van der Waals surface area contributed by atoms with Gasteiger partial charge in [-0.2, -0.15) is 0 Å². The number of hydrogen-bond acceptors (Lipinski definition) is 6. The number of halogens is 1. The second-order valence-corrected chi connectivity index (χ2v) is 6.78. The molecule has 2 aromatic carbocycles. The Morgan fingerprint density at radius 2 is 0.900 bits per heavy atom. The van der Waals surface area contributed by atoms with Crippen molar-refractivity contribution in [3.63, 3.8) is 0 Å². The number of para-hydroxylation sites is 2. The molecule has 167 valence electrons. The van der Waals surface area contributed by atoms with Gasteiger partial charge in [-0.1, -0.05) is 48.5 Å². The van der Waals surface area contributed by atoms with E-state index in [0.29, 0.717) is 13.1 Å². The van der Waals surface area contributed by atoms with Crippen LogP contribution in [0.3, 0.4) is 0 Å². The van der Waals surface area contributed by atoms with Crippen molar-refractivity contribution >= 4 is 0 Å². The third kappa shape index (κ3) is 12.7. The van der Waals surface area contributed by atoms with Gasteiger partial charge < -0.3 is 55.5 Å². The molecule has 0 unspecified atom stereocenters. The number of nitrogens with one attached hydrogen (secondary N) is 4. The second kappa shape index (κ2) is 18.9. The molecule has 8 heteroatoms. The van der Waals surface area contributed by atoms with Crippen molar-refractivity contribution < 1.29 is 51.3 Å². The molecule has 0 bridgehead atoms. The van der Waals surface area contributed by atoms with Crippen LogP contribution in [0, 0.1) is 0 Å². The van der Waals surface area contributed by atoms with E-state index < -0.39 is 0 Å². The fraction of sp³-hybridized carbons (Fsp3) is 0.455. The summed E-state index contributed by atoms with van der Waals surface area (Å²) in [6.45, 7) is 6.87. The molecular weight excluding hydrogens is 535 g/mol. The van der Waals surface area contributed by atoms with Gasteiger partial charge in [-0.05, 0) is 50.1 Å². The third-order valence-corrected chi connectivity index (χ3v) is 4.47. The van der Waals surface area contributed by atoms with Crippen LogP contribution in [0.1, 0.15) is 24.0 Å². The number of rotatable bonds is 15. The summed E-state index contributed by atoms with van der Waals surface area (Å²) in [7, 11) is 0. The molecule has 0 heterocycles. The molecule has 0 aliphatic heterocycles. The van der Waals surface area contributed by atoms with E-state index in [9.17, 15) is 10.2 Å². The summed E-state index contributed by atoms with van der Waals surface area (Å²) >= 11 is 0. The van der Waals surface area contributed by atoms with Crippen LogP contribution in [-0.2, 0) is 30.2 Å². The van der Waals surface area contributed by atoms with Crippen LogP contribution in [0.4, 0.5) is 0 Å². The maximum absolute atomic E-state index is 11.6. The van der Waals surface area contributed by atoms with E-state index in [4.69, 9.17) is 0 Å². The van der Waals surface area contributed by atoms with Gasteiger partial charge in [-0.3, -0.25) is 0 Å². The molecule has 30 heavy (non-hydrogen) atoms. The smallest absolute Gasteiger partial charge is 1.00 e. The van der Waals surface area contributed by atoms with Crippen molar-refractivity contribution in [2.45, 2.75) is 25.9 Å². The average Bonchev–Trinajstić information content (AvgIpc) is 2.71. The van der Waals surface area contributed by atoms with E-state index in [0.717, 1.165) is 63.2 Å². The van der Waals surface area contributed by atoms with Crippen molar-refractivity contribution in [3.05, 3.63) is 59.7 Å². The molecule has 4 N–H and O–H groups in total. The predicted molar refractivity (Wildman–Crippen MR) is 110 cm³/mol. The van der Waals surface area contributed by atoms with E-state index in [1.54, 1.807) is 24.3 Å². The first-order valence-electron chi connectivity index (χ1n) is 10.1. The molecule has 0 aromatic heterocycles. The largest absolute Gasteiger partial charge is 3.00 e. The molecule has 2 rings (SSSR count). The number of hydrogen-bond donors (Lipinski definition) is 4. The van der Waals surface area contributed by atoms with Crippen LogP contribution in [-0.4, -0.2) is 39.3 Å². The minimum atomic E-state index is 0. The van der Waals surface area contributed by atoms with Crippen molar-refractivity contribution in [2.75, 3.05) is 39.3 Å². The molecule has 0 saturated carbocycles. The molecule has 0 fully saturated rings. The van der Waals surface area contributed by atoms with Crippen LogP contribution in [0.5, 0.6) is 11.5 Å². The van der Waals surface area contributed by atoms with Gasteiger partial charge in [0.2, 0.25) is 0 Å². The fourth-order valence-corrected chi connectivity index (χ4v) is 2.85. The summed E-state index contributed by atoms with van der Waals surface area (Å²) < 4.78 is 0. The Morgan fingerprint density at radius 1 is 0.533 bits per heavy atom. The van der Waals surface area contributed by atoms with E-state index in [2.05, 4.69) is 21.3 Å². The van der Waals surface area contributed by atoms with E-state index >= 15 is 0 Å². The Labute approximate surface area is 208 Å². The van der Waals surface area contributed by atoms with Crippen molar-refractivity contribution in [1.29, 1.82) is 0 Å². The van der Waals surface area contributed by atoms with E-state index in [1.165, 1.54) is 0 Å². The van der Waals surface area contributed by atoms with Gasteiger partial charge in [0.05, 0.1) is 0 Å². The van der Waals surface area contributed by atoms with Gasteiger partial charge in [-0.25, -0.2) is 0 Å². The first-order valence-corrected chi connectivity index (χ1v) is 10.1. The van der Waals surface area contributed by atoms with Gasteiger partial charge in [0, 0.05) is 26.2 Å². The SMILES string of the molecule is [Fe+3].[I-].[O-]c1ccccc1CNCCCNCCNCCCNCc1ccccc1[O-]. The van der Waals surface area contributed by atoms with Crippen LogP contribution in [0.2, 0.25) is 0 Å². The second-order valence-electron chi connectivity index (χ2n) is 6.78. The number of benzene rings is 2. The Bertz CT molecular complexity index is 622. The monoisotopic (exact) mass is 567 g/mol. The zero-order valence-electron chi connectivity index (χ0n) is 17.2. The normalized spacial score (nSPS) is 10.3. The standard InChI is InChI=1S/C22H34N4O2.Fe.HI/c27-21-9-3-1-7-19(21)17-25-13-5-11-23-15-16-24-12-6-14-26-18-20-8-2-4-10-22(20)28;;/h1-4,7-10,23-28H,5-6,11-18H2;;1H/q;+3;/p-3. The van der Waals surface area contributed by atoms with Gasteiger partial charge in [-0.15, -0.1) is 11.5 Å². The maximum Gasteiger partial charge on any atom is 3.00 e. The Hall–Kier alpha value is -0.871. The maximum atomic E-state index is 11.6. The molecule has 2 aromatic rings. The molecule has 0 aliphatic rings. The van der Waals surface area contributed by atoms with Gasteiger partial charge >= 0.3 is 17.1 Å². The molecule has 0 aliphatic carbocycles. The van der Waals surface area contributed by atoms with Crippen molar-refractivity contribution in [3.8, 4) is 11.5 Å². The molecular formula is C22H32FeIN4O2. The van der Waals surface area contributed by atoms with Gasteiger partial charge in [0.25, 0.3) is 0 Å². The molecule has 6 nitrogen and oxygen atoms in total. The molecule has 1 radical (unpaired) electrons. The Morgan fingerprint density at radius 3 is 1.30 bits per heavy atom. The van der Waals surface area contributed by atoms with E-state index in [-0.39, 0.29) is 52.5 Å². The predicted octanol–water partition coefficient (Wildman–Crippen LogP) is -2.33. The molecule has 0 amide bonds. The zero-order chi connectivity index (χ0) is 19.9. The first kappa shape index (κ1) is 29.1. The fourth-order valence-electron chi connectivity index (χ4n) is 2.85. The van der Waals surface area contributed by atoms with Crippen LogP contribution >= 0.6 is 0 Å². The Kier molecular flexibility index (Phi) is 18.3. The van der Waals surface area contributed by atoms with Gasteiger partial charge in [0.1, 0.15) is 0 Å². The Balaban J connectivity index is 0.00000420. The molecule has 0 saturated heterocycles. The van der Waals surface area contributed by atoms with Crippen LogP contribution in [0.25, 0.3) is 0 Å². The van der Waals surface area contributed by atoms with E-state index in [1.807, 2.05) is 24.3 Å². The first-order chi connectivity index (χ1) is 13.8. The summed E-state index contributed by atoms with van der Waals surface area (Å²) in [5.74, 6) is 0.203. The summed E-state index contributed by atoms with van der Waals surface area (Å²) in [6.07, 6.45) is 2.07. The van der Waals surface area contributed by atoms with Crippen molar-refractivity contribution in [2.24, 2.45) is 0 Å². The summed E-state index contributed by atoms with van der Waals surface area (Å²) in [5, 5.41) is 36.6. The molecule has 0 spiro atoms. The van der Waals surface area contributed by atoms with Crippen molar-refractivity contribution in [1.82, 2.24) is 21.3 Å². The summed E-state index contributed by atoms with van der Waals surface area (Å²) in [4.78, 5) is 0. The van der Waals surface area contributed by atoms with Crippen LogP contribution < -0.4 is 55.5 Å². The minimum absolute atomic E-state index is 0. The summed E-state index contributed by atoms with van der Waals surface area (Å²) in [5.41, 5.74) is 1.65. The zero-order valence-corrected chi connectivity index (χ0v) is 20.5.